The Labute approximate surface area is 200 Å². The highest BCUT2D eigenvalue weighted by molar-refractivity contribution is 7.21. The first kappa shape index (κ1) is 21.6. The van der Waals surface area contributed by atoms with E-state index in [1.165, 1.54) is 11.3 Å². The smallest absolute Gasteiger partial charge is 0.259 e. The molecule has 0 aliphatic heterocycles. The number of hydrogen-bond acceptors (Lipinski definition) is 7. The number of nitrogens with one attached hydrogen (secondary N) is 1. The van der Waals surface area contributed by atoms with Gasteiger partial charge in [-0.2, -0.15) is 0 Å². The van der Waals surface area contributed by atoms with Crippen molar-refractivity contribution in [1.82, 2.24) is 19.5 Å². The molecule has 170 valence electrons. The molecule has 3 N–H and O–H groups in total. The molecule has 3 heterocycles. The van der Waals surface area contributed by atoms with Gasteiger partial charge in [0, 0.05) is 24.0 Å². The van der Waals surface area contributed by atoms with Crippen molar-refractivity contribution in [2.45, 2.75) is 20.0 Å². The number of fused-ring (bicyclic) bond motifs is 1. The summed E-state index contributed by atoms with van der Waals surface area (Å²) >= 11 is 1.29. The molecule has 0 radical (unpaired) electrons. The van der Waals surface area contributed by atoms with Gasteiger partial charge in [-0.1, -0.05) is 30.3 Å². The van der Waals surface area contributed by atoms with E-state index < -0.39 is 5.91 Å². The average molecular weight is 471 g/mol. The monoisotopic (exact) mass is 470 g/mol. The molecule has 0 unspecified atom stereocenters. The van der Waals surface area contributed by atoms with E-state index >= 15 is 0 Å². The van der Waals surface area contributed by atoms with Gasteiger partial charge in [0.25, 0.3) is 5.91 Å². The van der Waals surface area contributed by atoms with Crippen LogP contribution in [-0.2, 0) is 0 Å². The number of primary amides is 1. The van der Waals surface area contributed by atoms with E-state index in [0.29, 0.717) is 27.7 Å². The quantitative estimate of drug-likeness (QED) is 0.340. The largest absolute Gasteiger partial charge is 0.489 e. The number of benzene rings is 2. The summed E-state index contributed by atoms with van der Waals surface area (Å²) in [6, 6.07) is 15.4. The van der Waals surface area contributed by atoms with Gasteiger partial charge in [0.1, 0.15) is 10.6 Å². The summed E-state index contributed by atoms with van der Waals surface area (Å²) in [6.07, 6.45) is 7.01. The molecular weight excluding hydrogens is 448 g/mol. The van der Waals surface area contributed by atoms with Crippen LogP contribution in [0.25, 0.3) is 27.0 Å². The Morgan fingerprint density at radius 1 is 1.18 bits per heavy atom. The number of aromatic nitrogens is 4. The average Bonchev–Trinajstić information content (AvgIpc) is 3.49. The minimum absolute atomic E-state index is 0.0262. The number of nitrogens with two attached hydrogens (primary N) is 1. The highest BCUT2D eigenvalue weighted by Gasteiger charge is 2.20. The maximum absolute atomic E-state index is 12.2. The lowest BCUT2D eigenvalue weighted by molar-refractivity contribution is 0.100. The fourth-order valence-corrected chi connectivity index (χ4v) is 4.64. The molecule has 5 aromatic rings. The third-order valence-electron chi connectivity index (χ3n) is 5.09. The standard InChI is InChI=1S/C25H22N6O2S/c1-15(2)33-19-12-17(31-11-10-27-14-31)8-9-18(19)29-25-28-13-20-22(30-25)21(23(34-20)24(26)32)16-6-4-3-5-7-16/h3-15H,1-2H3,(H2,26,32)(H,28,29,30). The zero-order valence-corrected chi connectivity index (χ0v) is 19.4. The first-order valence-corrected chi connectivity index (χ1v) is 11.5. The molecule has 3 aromatic heterocycles. The number of rotatable bonds is 7. The fourth-order valence-electron chi connectivity index (χ4n) is 3.66. The van der Waals surface area contributed by atoms with Gasteiger partial charge in [-0.3, -0.25) is 4.79 Å². The number of hydrogen-bond donors (Lipinski definition) is 2. The van der Waals surface area contributed by atoms with Crippen molar-refractivity contribution in [3.05, 3.63) is 78.3 Å². The van der Waals surface area contributed by atoms with Gasteiger partial charge in [0.05, 0.1) is 40.2 Å². The Morgan fingerprint density at radius 2 is 2.00 bits per heavy atom. The van der Waals surface area contributed by atoms with Gasteiger partial charge in [-0.25, -0.2) is 15.0 Å². The highest BCUT2D eigenvalue weighted by atomic mass is 32.1. The third-order valence-corrected chi connectivity index (χ3v) is 6.22. The van der Waals surface area contributed by atoms with Crippen LogP contribution in [0, 0.1) is 0 Å². The predicted molar refractivity (Wildman–Crippen MR) is 134 cm³/mol. The van der Waals surface area contributed by atoms with E-state index in [1.54, 1.807) is 18.7 Å². The number of ether oxygens (including phenoxy) is 1. The zero-order valence-electron chi connectivity index (χ0n) is 18.6. The van der Waals surface area contributed by atoms with Crippen LogP contribution < -0.4 is 15.8 Å². The summed E-state index contributed by atoms with van der Waals surface area (Å²) in [6.45, 7) is 3.94. The van der Waals surface area contributed by atoms with E-state index in [1.807, 2.05) is 73.1 Å². The Hall–Kier alpha value is -4.24. The van der Waals surface area contributed by atoms with Crippen molar-refractivity contribution in [3.8, 4) is 22.6 Å². The molecule has 0 fully saturated rings. The maximum atomic E-state index is 12.2. The molecule has 0 saturated heterocycles. The molecule has 8 nitrogen and oxygen atoms in total. The second-order valence-electron chi connectivity index (χ2n) is 7.88. The van der Waals surface area contributed by atoms with E-state index in [0.717, 1.165) is 21.6 Å². The molecular formula is C25H22N6O2S. The number of amides is 1. The minimum atomic E-state index is -0.487. The summed E-state index contributed by atoms with van der Waals surface area (Å²) in [5.41, 5.74) is 9.59. The lowest BCUT2D eigenvalue weighted by Crippen LogP contribution is -2.10. The number of carbonyl (C=O) groups excluding carboxylic acids is 1. The summed E-state index contributed by atoms with van der Waals surface area (Å²) in [7, 11) is 0. The number of thiophene rings is 1. The lowest BCUT2D eigenvalue weighted by Gasteiger charge is -2.16. The van der Waals surface area contributed by atoms with E-state index in [-0.39, 0.29) is 6.10 Å². The lowest BCUT2D eigenvalue weighted by atomic mass is 10.1. The van der Waals surface area contributed by atoms with Crippen molar-refractivity contribution in [3.63, 3.8) is 0 Å². The molecule has 0 bridgehead atoms. The number of anilines is 2. The normalized spacial score (nSPS) is 11.1. The zero-order chi connectivity index (χ0) is 23.7. The molecule has 1 amide bonds. The van der Waals surface area contributed by atoms with E-state index in [9.17, 15) is 4.79 Å². The van der Waals surface area contributed by atoms with E-state index in [4.69, 9.17) is 15.5 Å². The molecule has 0 atom stereocenters. The predicted octanol–water partition coefficient (Wildman–Crippen LogP) is 5.17. The fraction of sp³-hybridized carbons (Fsp3) is 0.120. The molecule has 0 aliphatic carbocycles. The van der Waals surface area contributed by atoms with Crippen LogP contribution in [0.4, 0.5) is 11.6 Å². The van der Waals surface area contributed by atoms with Gasteiger partial charge in [-0.05, 0) is 31.5 Å². The van der Waals surface area contributed by atoms with Crippen LogP contribution >= 0.6 is 11.3 Å². The van der Waals surface area contributed by atoms with Gasteiger partial charge >= 0.3 is 0 Å². The molecule has 9 heteroatoms. The first-order chi connectivity index (χ1) is 16.5. The Kier molecular flexibility index (Phi) is 5.69. The Morgan fingerprint density at radius 3 is 2.71 bits per heavy atom. The summed E-state index contributed by atoms with van der Waals surface area (Å²) in [5, 5.41) is 3.28. The van der Waals surface area contributed by atoms with Gasteiger partial charge in [0.2, 0.25) is 5.95 Å². The van der Waals surface area contributed by atoms with Crippen molar-refractivity contribution in [2.75, 3.05) is 5.32 Å². The van der Waals surface area contributed by atoms with Crippen LogP contribution in [0.2, 0.25) is 0 Å². The highest BCUT2D eigenvalue weighted by Crippen LogP contribution is 2.38. The molecule has 34 heavy (non-hydrogen) atoms. The number of imidazole rings is 1. The second kappa shape index (κ2) is 8.95. The van der Waals surface area contributed by atoms with Crippen LogP contribution in [0.5, 0.6) is 5.75 Å². The summed E-state index contributed by atoms with van der Waals surface area (Å²) < 4.78 is 8.75. The van der Waals surface area contributed by atoms with Crippen LogP contribution in [0.1, 0.15) is 23.5 Å². The van der Waals surface area contributed by atoms with Crippen molar-refractivity contribution in [1.29, 1.82) is 0 Å². The molecule has 0 aliphatic rings. The Bertz CT molecular complexity index is 1460. The topological polar surface area (TPSA) is 108 Å². The number of nitrogens with zero attached hydrogens (tertiary/aromatic N) is 4. The van der Waals surface area contributed by atoms with Crippen LogP contribution in [0.15, 0.2) is 73.4 Å². The SMILES string of the molecule is CC(C)Oc1cc(-n2ccnc2)ccc1Nc1ncc2sc(C(N)=O)c(-c3ccccc3)c2n1. The maximum Gasteiger partial charge on any atom is 0.259 e. The second-order valence-corrected chi connectivity index (χ2v) is 8.94. The van der Waals surface area contributed by atoms with Crippen molar-refractivity contribution in [2.24, 2.45) is 5.73 Å². The summed E-state index contributed by atoms with van der Waals surface area (Å²) in [5.74, 6) is 0.567. The summed E-state index contributed by atoms with van der Waals surface area (Å²) in [4.78, 5) is 26.0. The molecule has 0 spiro atoms. The Balaban J connectivity index is 1.57. The van der Waals surface area contributed by atoms with Crippen molar-refractivity contribution >= 4 is 39.1 Å². The van der Waals surface area contributed by atoms with Crippen molar-refractivity contribution < 1.29 is 9.53 Å². The van der Waals surface area contributed by atoms with Crippen LogP contribution in [-0.4, -0.2) is 31.5 Å². The third kappa shape index (κ3) is 4.20. The minimum Gasteiger partial charge on any atom is -0.489 e. The van der Waals surface area contributed by atoms with Crippen LogP contribution in [0.3, 0.4) is 0 Å². The van der Waals surface area contributed by atoms with Gasteiger partial charge < -0.3 is 20.4 Å². The van der Waals surface area contributed by atoms with E-state index in [2.05, 4.69) is 15.3 Å². The number of carbonyl (C=O) groups is 1. The van der Waals surface area contributed by atoms with Gasteiger partial charge in [-0.15, -0.1) is 11.3 Å². The molecule has 0 saturated carbocycles. The molecule has 2 aromatic carbocycles. The first-order valence-electron chi connectivity index (χ1n) is 10.7. The van der Waals surface area contributed by atoms with Gasteiger partial charge in [0.15, 0.2) is 0 Å². The molecule has 5 rings (SSSR count).